The standard InChI is InChI=1S/C22H27Cl2O7P/c1-12(26-4)29-15-10-18(30-13(2)27-5)21(19(11-15)31-14(3)28-6)32-22(25)20-16(23)8-7-9-17(20)24/h7-14,32H,1-6H3. The van der Waals surface area contributed by atoms with E-state index in [1.807, 2.05) is 0 Å². The zero-order valence-corrected chi connectivity index (χ0v) is 21.2. The monoisotopic (exact) mass is 504 g/mol. The van der Waals surface area contributed by atoms with E-state index in [1.165, 1.54) is 21.3 Å². The van der Waals surface area contributed by atoms with E-state index in [-0.39, 0.29) is 21.1 Å². The third-order valence-corrected chi connectivity index (χ3v) is 6.20. The predicted octanol–water partition coefficient (Wildman–Crippen LogP) is 5.25. The highest BCUT2D eigenvalue weighted by atomic mass is 35.5. The molecule has 10 heteroatoms. The Morgan fingerprint density at radius 3 is 1.69 bits per heavy atom. The molecule has 0 fully saturated rings. The van der Waals surface area contributed by atoms with Crippen molar-refractivity contribution in [2.24, 2.45) is 0 Å². The molecule has 0 aliphatic rings. The lowest BCUT2D eigenvalue weighted by molar-refractivity contribution is -0.0458. The van der Waals surface area contributed by atoms with Crippen molar-refractivity contribution >= 4 is 42.6 Å². The van der Waals surface area contributed by atoms with E-state index >= 15 is 0 Å². The Morgan fingerprint density at radius 1 is 0.812 bits per heavy atom. The molecule has 0 heterocycles. The van der Waals surface area contributed by atoms with Crippen LogP contribution in [0.1, 0.15) is 31.1 Å². The van der Waals surface area contributed by atoms with Crippen LogP contribution in [0.25, 0.3) is 0 Å². The predicted molar refractivity (Wildman–Crippen MR) is 126 cm³/mol. The van der Waals surface area contributed by atoms with Gasteiger partial charge in [-0.2, -0.15) is 0 Å². The molecular formula is C22H27Cl2O7P. The average Bonchev–Trinajstić information content (AvgIpc) is 2.75. The molecule has 32 heavy (non-hydrogen) atoms. The summed E-state index contributed by atoms with van der Waals surface area (Å²) in [6.45, 7) is 5.20. The number of hydrogen-bond donors (Lipinski definition) is 0. The molecule has 0 aliphatic carbocycles. The molecule has 0 saturated heterocycles. The maximum absolute atomic E-state index is 13.2. The summed E-state index contributed by atoms with van der Waals surface area (Å²) in [6.07, 6.45) is -1.71. The summed E-state index contributed by atoms with van der Waals surface area (Å²) in [4.78, 5) is 13.2. The minimum absolute atomic E-state index is 0.235. The van der Waals surface area contributed by atoms with Gasteiger partial charge in [-0.05, 0) is 41.5 Å². The number of carbonyl (C=O) groups is 1. The molecule has 176 valence electrons. The van der Waals surface area contributed by atoms with Crippen LogP contribution in [0.4, 0.5) is 0 Å². The van der Waals surface area contributed by atoms with E-state index in [4.69, 9.17) is 51.6 Å². The largest absolute Gasteiger partial charge is 0.465 e. The summed E-state index contributed by atoms with van der Waals surface area (Å²) >= 11 is 12.5. The molecule has 2 rings (SSSR count). The van der Waals surface area contributed by atoms with Crippen LogP contribution in [0.2, 0.25) is 10.0 Å². The Hall–Kier alpha value is -1.60. The van der Waals surface area contributed by atoms with Crippen molar-refractivity contribution in [3.8, 4) is 17.2 Å². The zero-order chi connectivity index (χ0) is 23.8. The van der Waals surface area contributed by atoms with Gasteiger partial charge in [-0.25, -0.2) is 0 Å². The molecule has 0 spiro atoms. The van der Waals surface area contributed by atoms with Gasteiger partial charge in [0.1, 0.15) is 17.2 Å². The lowest BCUT2D eigenvalue weighted by Crippen LogP contribution is -2.23. The quantitative estimate of drug-likeness (QED) is 0.288. The molecule has 2 aromatic rings. The first-order valence-electron chi connectivity index (χ1n) is 9.71. The highest BCUT2D eigenvalue weighted by Gasteiger charge is 2.24. The summed E-state index contributed by atoms with van der Waals surface area (Å²) in [5, 5.41) is 1.03. The van der Waals surface area contributed by atoms with E-state index in [0.29, 0.717) is 22.6 Å². The van der Waals surface area contributed by atoms with Gasteiger partial charge in [-0.15, -0.1) is 0 Å². The van der Waals surface area contributed by atoms with Gasteiger partial charge in [0.05, 0.1) is 20.9 Å². The van der Waals surface area contributed by atoms with E-state index in [0.717, 1.165) is 0 Å². The first-order valence-corrected chi connectivity index (χ1v) is 11.5. The Labute approximate surface area is 200 Å². The Morgan fingerprint density at radius 2 is 1.25 bits per heavy atom. The molecular weight excluding hydrogens is 478 g/mol. The summed E-state index contributed by atoms with van der Waals surface area (Å²) < 4.78 is 33.3. The first kappa shape index (κ1) is 26.7. The van der Waals surface area contributed by atoms with Gasteiger partial charge in [0.25, 0.3) is 0 Å². The first-order chi connectivity index (χ1) is 15.2. The summed E-state index contributed by atoms with van der Waals surface area (Å²) in [7, 11) is 4.14. The second-order valence-corrected chi connectivity index (χ2v) is 8.63. The molecule has 0 saturated carbocycles. The average molecular weight is 505 g/mol. The minimum atomic E-state index is -0.597. The summed E-state index contributed by atoms with van der Waals surface area (Å²) in [5.74, 6) is 1.13. The van der Waals surface area contributed by atoms with Gasteiger partial charge in [-0.1, -0.05) is 29.3 Å². The summed E-state index contributed by atoms with van der Waals surface area (Å²) in [5.41, 5.74) is -0.0386. The van der Waals surface area contributed by atoms with Gasteiger partial charge in [0.2, 0.25) is 0 Å². The minimum Gasteiger partial charge on any atom is -0.465 e. The van der Waals surface area contributed by atoms with Gasteiger partial charge in [0, 0.05) is 33.5 Å². The molecule has 7 nitrogen and oxygen atoms in total. The number of ether oxygens (including phenoxy) is 6. The Balaban J connectivity index is 2.57. The van der Waals surface area contributed by atoms with Crippen molar-refractivity contribution < 1.29 is 33.2 Å². The second kappa shape index (κ2) is 12.6. The lowest BCUT2D eigenvalue weighted by atomic mass is 10.2. The lowest BCUT2D eigenvalue weighted by Gasteiger charge is -2.23. The Kier molecular flexibility index (Phi) is 10.5. The molecule has 2 aromatic carbocycles. The fraction of sp³-hybridized carbons (Fsp3) is 0.409. The van der Waals surface area contributed by atoms with Gasteiger partial charge >= 0.3 is 0 Å². The fourth-order valence-electron chi connectivity index (χ4n) is 2.53. The Bertz CT molecular complexity index is 872. The number of hydrogen-bond acceptors (Lipinski definition) is 7. The number of rotatable bonds is 12. The van der Waals surface area contributed by atoms with E-state index in [9.17, 15) is 4.79 Å². The second-order valence-electron chi connectivity index (χ2n) is 6.61. The maximum atomic E-state index is 13.2. The van der Waals surface area contributed by atoms with Crippen LogP contribution in [0, 0.1) is 0 Å². The van der Waals surface area contributed by atoms with Crippen molar-refractivity contribution in [1.29, 1.82) is 0 Å². The van der Waals surface area contributed by atoms with E-state index in [1.54, 1.807) is 51.1 Å². The van der Waals surface area contributed by atoms with Crippen molar-refractivity contribution in [3.63, 3.8) is 0 Å². The molecule has 0 aliphatic heterocycles. The van der Waals surface area contributed by atoms with Crippen LogP contribution in [0.5, 0.6) is 17.2 Å². The normalized spacial score (nSPS) is 14.2. The van der Waals surface area contributed by atoms with Gasteiger partial charge in [0.15, 0.2) is 24.4 Å². The van der Waals surface area contributed by atoms with Gasteiger partial charge in [-0.3, -0.25) is 4.79 Å². The SMILES string of the molecule is COC(C)Oc1cc(OC(C)OC)c(PC(=O)c2c(Cl)cccc2Cl)c(OC(C)OC)c1. The third-order valence-electron chi connectivity index (χ3n) is 4.35. The van der Waals surface area contributed by atoms with Crippen LogP contribution in [0.3, 0.4) is 0 Å². The highest BCUT2D eigenvalue weighted by molar-refractivity contribution is 7.66. The van der Waals surface area contributed by atoms with Crippen LogP contribution in [0.15, 0.2) is 30.3 Å². The topological polar surface area (TPSA) is 72.5 Å². The highest BCUT2D eigenvalue weighted by Crippen LogP contribution is 2.38. The number of carbonyl (C=O) groups excluding carboxylic acids is 1. The maximum Gasteiger partial charge on any atom is 0.196 e. The molecule has 0 amide bonds. The van der Waals surface area contributed by atoms with E-state index in [2.05, 4.69) is 0 Å². The fourth-order valence-corrected chi connectivity index (χ4v) is 4.38. The molecule has 0 N–H and O–H groups in total. The van der Waals surface area contributed by atoms with Crippen molar-refractivity contribution in [1.82, 2.24) is 0 Å². The van der Waals surface area contributed by atoms with Crippen LogP contribution in [-0.2, 0) is 14.2 Å². The van der Waals surface area contributed by atoms with Crippen LogP contribution in [-0.4, -0.2) is 45.7 Å². The molecule has 4 unspecified atom stereocenters. The number of methoxy groups -OCH3 is 3. The summed E-state index contributed by atoms with van der Waals surface area (Å²) in [6, 6.07) is 8.21. The number of benzene rings is 2. The van der Waals surface area contributed by atoms with Crippen molar-refractivity contribution in [3.05, 3.63) is 45.9 Å². The van der Waals surface area contributed by atoms with Crippen LogP contribution < -0.4 is 19.5 Å². The van der Waals surface area contributed by atoms with Crippen molar-refractivity contribution in [2.75, 3.05) is 21.3 Å². The van der Waals surface area contributed by atoms with Crippen molar-refractivity contribution in [2.45, 2.75) is 39.6 Å². The van der Waals surface area contributed by atoms with E-state index < -0.39 is 27.5 Å². The molecule has 0 aromatic heterocycles. The third kappa shape index (κ3) is 7.20. The molecule has 4 atom stereocenters. The smallest absolute Gasteiger partial charge is 0.196 e. The molecule has 0 radical (unpaired) electrons. The van der Waals surface area contributed by atoms with Gasteiger partial charge < -0.3 is 28.4 Å². The number of halogens is 2. The zero-order valence-electron chi connectivity index (χ0n) is 18.7. The van der Waals surface area contributed by atoms with Crippen LogP contribution >= 0.6 is 31.8 Å². The molecule has 0 bridgehead atoms.